The van der Waals surface area contributed by atoms with E-state index in [1.165, 1.54) is 0 Å². The number of nitrogens with one attached hydrogen (secondary N) is 1. The van der Waals surface area contributed by atoms with Crippen LogP contribution in [0.5, 0.6) is 11.5 Å². The highest BCUT2D eigenvalue weighted by Crippen LogP contribution is 2.36. The molecular weight excluding hydrogens is 266 g/mol. The van der Waals surface area contributed by atoms with Crippen molar-refractivity contribution >= 4 is 16.6 Å². The summed E-state index contributed by atoms with van der Waals surface area (Å²) in [6, 6.07) is 6.24. The number of nitrogens with two attached hydrogens (primary N) is 1. The first-order valence-electron chi connectivity index (χ1n) is 7.42. The first-order valence-corrected chi connectivity index (χ1v) is 7.42. The maximum Gasteiger partial charge on any atom is 0.162 e. The average molecular weight is 287 g/mol. The van der Waals surface area contributed by atoms with Gasteiger partial charge in [-0.25, -0.2) is 4.98 Å². The van der Waals surface area contributed by atoms with Crippen LogP contribution in [-0.2, 0) is 0 Å². The highest BCUT2D eigenvalue weighted by molar-refractivity contribution is 5.94. The van der Waals surface area contributed by atoms with Crippen molar-refractivity contribution in [1.82, 2.24) is 4.98 Å². The lowest BCUT2D eigenvalue weighted by Gasteiger charge is -2.19. The van der Waals surface area contributed by atoms with Gasteiger partial charge < -0.3 is 20.5 Å². The maximum atomic E-state index is 5.76. The number of ether oxygens (including phenoxy) is 2. The summed E-state index contributed by atoms with van der Waals surface area (Å²) in [6.07, 6.45) is 3.84. The van der Waals surface area contributed by atoms with Gasteiger partial charge in [0.25, 0.3) is 0 Å². The molecule has 2 aromatic rings. The van der Waals surface area contributed by atoms with Crippen molar-refractivity contribution in [2.24, 2.45) is 5.73 Å². The number of nitrogens with zero attached hydrogens (tertiary/aromatic N) is 1. The van der Waals surface area contributed by atoms with Crippen LogP contribution in [-0.4, -0.2) is 30.8 Å². The van der Waals surface area contributed by atoms with E-state index < -0.39 is 0 Å². The van der Waals surface area contributed by atoms with E-state index in [2.05, 4.69) is 10.3 Å². The highest BCUT2D eigenvalue weighted by Gasteiger charge is 2.14. The third kappa shape index (κ3) is 3.19. The minimum absolute atomic E-state index is 0.241. The molecule has 112 valence electrons. The SMILES string of the molecule is CC(N)CCCNc1nccc2cc3c(cc12)OCCO3. The van der Waals surface area contributed by atoms with Gasteiger partial charge in [0, 0.05) is 24.2 Å². The van der Waals surface area contributed by atoms with E-state index in [0.29, 0.717) is 13.2 Å². The molecule has 0 amide bonds. The summed E-state index contributed by atoms with van der Waals surface area (Å²) in [5, 5.41) is 5.55. The largest absolute Gasteiger partial charge is 0.486 e. The number of rotatable bonds is 5. The Morgan fingerprint density at radius 1 is 1.29 bits per heavy atom. The minimum Gasteiger partial charge on any atom is -0.486 e. The van der Waals surface area contributed by atoms with Gasteiger partial charge in [-0.05, 0) is 43.4 Å². The number of pyridine rings is 1. The molecule has 1 aliphatic heterocycles. The van der Waals surface area contributed by atoms with Crippen LogP contribution in [0.1, 0.15) is 19.8 Å². The monoisotopic (exact) mass is 287 g/mol. The zero-order valence-corrected chi connectivity index (χ0v) is 12.3. The van der Waals surface area contributed by atoms with E-state index >= 15 is 0 Å². The quantitative estimate of drug-likeness (QED) is 0.827. The van der Waals surface area contributed by atoms with Crippen molar-refractivity contribution in [3.05, 3.63) is 24.4 Å². The van der Waals surface area contributed by atoms with Crippen molar-refractivity contribution in [1.29, 1.82) is 0 Å². The van der Waals surface area contributed by atoms with Crippen LogP contribution in [0.3, 0.4) is 0 Å². The number of benzene rings is 1. The molecule has 0 spiro atoms. The second-order valence-electron chi connectivity index (χ2n) is 5.42. The van der Waals surface area contributed by atoms with Crippen molar-refractivity contribution < 1.29 is 9.47 Å². The first-order chi connectivity index (χ1) is 10.2. The van der Waals surface area contributed by atoms with Gasteiger partial charge in [0.05, 0.1) is 0 Å². The van der Waals surface area contributed by atoms with E-state index in [9.17, 15) is 0 Å². The summed E-state index contributed by atoms with van der Waals surface area (Å²) in [5.74, 6) is 2.48. The molecule has 0 saturated carbocycles. The highest BCUT2D eigenvalue weighted by atomic mass is 16.6. The Bertz CT molecular complexity index is 628. The Morgan fingerprint density at radius 3 is 2.81 bits per heavy atom. The van der Waals surface area contributed by atoms with Crippen molar-refractivity contribution in [3.63, 3.8) is 0 Å². The van der Waals surface area contributed by atoms with E-state index in [-0.39, 0.29) is 6.04 Å². The maximum absolute atomic E-state index is 5.76. The fourth-order valence-corrected chi connectivity index (χ4v) is 2.48. The Labute approximate surface area is 124 Å². The fourth-order valence-electron chi connectivity index (χ4n) is 2.48. The van der Waals surface area contributed by atoms with Gasteiger partial charge in [-0.1, -0.05) is 0 Å². The van der Waals surface area contributed by atoms with Crippen LogP contribution in [0.15, 0.2) is 24.4 Å². The average Bonchev–Trinajstić information content (AvgIpc) is 2.49. The molecule has 0 bridgehead atoms. The number of anilines is 1. The van der Waals surface area contributed by atoms with Crippen molar-refractivity contribution in [3.8, 4) is 11.5 Å². The molecule has 0 fully saturated rings. The van der Waals surface area contributed by atoms with Crippen molar-refractivity contribution in [2.45, 2.75) is 25.8 Å². The van der Waals surface area contributed by atoms with Gasteiger partial charge in [-0.2, -0.15) is 0 Å². The first kappa shape index (κ1) is 13.9. The molecule has 21 heavy (non-hydrogen) atoms. The van der Waals surface area contributed by atoms with Crippen LogP contribution >= 0.6 is 0 Å². The minimum atomic E-state index is 0.241. The molecule has 1 unspecified atom stereocenters. The van der Waals surface area contributed by atoms with Gasteiger partial charge in [0.2, 0.25) is 0 Å². The van der Waals surface area contributed by atoms with Gasteiger partial charge in [-0.3, -0.25) is 0 Å². The summed E-state index contributed by atoms with van der Waals surface area (Å²) in [6.45, 7) is 4.09. The third-order valence-electron chi connectivity index (χ3n) is 3.56. The summed E-state index contributed by atoms with van der Waals surface area (Å²) in [4.78, 5) is 4.43. The second-order valence-corrected chi connectivity index (χ2v) is 5.42. The Hall–Kier alpha value is -2.01. The lowest BCUT2D eigenvalue weighted by molar-refractivity contribution is 0.172. The van der Waals surface area contributed by atoms with Crippen LogP contribution in [0.25, 0.3) is 10.8 Å². The molecule has 0 saturated heterocycles. The predicted molar refractivity (Wildman–Crippen MR) is 84.1 cm³/mol. The van der Waals surface area contributed by atoms with Gasteiger partial charge in [-0.15, -0.1) is 0 Å². The molecule has 1 aromatic carbocycles. The molecule has 0 aliphatic carbocycles. The predicted octanol–water partition coefficient (Wildman–Crippen LogP) is 2.55. The van der Waals surface area contributed by atoms with Crippen LogP contribution in [0, 0.1) is 0 Å². The Morgan fingerprint density at radius 2 is 2.05 bits per heavy atom. The molecule has 3 rings (SSSR count). The normalized spacial score (nSPS) is 15.0. The molecule has 1 aliphatic rings. The molecule has 1 atom stereocenters. The summed E-state index contributed by atoms with van der Waals surface area (Å²) < 4.78 is 11.3. The van der Waals surface area contributed by atoms with Gasteiger partial charge >= 0.3 is 0 Å². The molecule has 3 N–H and O–H groups in total. The Kier molecular flexibility index (Phi) is 4.10. The standard InChI is InChI=1S/C16H21N3O2/c1-11(17)3-2-5-18-16-13-10-15-14(20-7-8-21-15)9-12(13)4-6-19-16/h4,6,9-11H,2-3,5,7-8,17H2,1H3,(H,18,19). The lowest BCUT2D eigenvalue weighted by Crippen LogP contribution is -2.16. The van der Waals surface area contributed by atoms with Gasteiger partial charge in [0.1, 0.15) is 19.0 Å². The topological polar surface area (TPSA) is 69.4 Å². The van der Waals surface area contributed by atoms with Crippen molar-refractivity contribution in [2.75, 3.05) is 25.1 Å². The molecule has 5 nitrogen and oxygen atoms in total. The molecule has 0 radical (unpaired) electrons. The zero-order chi connectivity index (χ0) is 14.7. The van der Waals surface area contributed by atoms with Crippen LogP contribution < -0.4 is 20.5 Å². The van der Waals surface area contributed by atoms with E-state index in [4.69, 9.17) is 15.2 Å². The summed E-state index contributed by atoms with van der Waals surface area (Å²) in [5.41, 5.74) is 5.76. The van der Waals surface area contributed by atoms with Crippen LogP contribution in [0.4, 0.5) is 5.82 Å². The van der Waals surface area contributed by atoms with E-state index in [1.54, 1.807) is 0 Å². The molecule has 5 heteroatoms. The van der Waals surface area contributed by atoms with E-state index in [0.717, 1.165) is 47.5 Å². The van der Waals surface area contributed by atoms with Crippen LogP contribution in [0.2, 0.25) is 0 Å². The number of fused-ring (bicyclic) bond motifs is 2. The number of hydrogen-bond acceptors (Lipinski definition) is 5. The zero-order valence-electron chi connectivity index (χ0n) is 12.3. The van der Waals surface area contributed by atoms with E-state index in [1.807, 2.05) is 31.3 Å². The molecule has 1 aromatic heterocycles. The smallest absolute Gasteiger partial charge is 0.162 e. The fraction of sp³-hybridized carbons (Fsp3) is 0.438. The Balaban J connectivity index is 1.81. The number of aromatic nitrogens is 1. The lowest BCUT2D eigenvalue weighted by atomic mass is 10.1. The number of hydrogen-bond donors (Lipinski definition) is 2. The third-order valence-corrected chi connectivity index (χ3v) is 3.56. The molecular formula is C16H21N3O2. The molecule has 2 heterocycles. The van der Waals surface area contributed by atoms with Gasteiger partial charge in [0.15, 0.2) is 11.5 Å². The second kappa shape index (κ2) is 6.18. The summed E-state index contributed by atoms with van der Waals surface area (Å²) in [7, 11) is 0. The summed E-state index contributed by atoms with van der Waals surface area (Å²) >= 11 is 0.